The number of hydrogen-bond acceptors (Lipinski definition) is 1. The van der Waals surface area contributed by atoms with E-state index in [9.17, 15) is 0 Å². The van der Waals surface area contributed by atoms with Gasteiger partial charge in [-0.2, -0.15) is 4.57 Å². The van der Waals surface area contributed by atoms with Crippen molar-refractivity contribution in [3.05, 3.63) is 82.5 Å². The Kier molecular flexibility index (Phi) is 6.62. The third kappa shape index (κ3) is 4.27. The van der Waals surface area contributed by atoms with Crippen LogP contribution in [0.1, 0.15) is 87.1 Å². The van der Waals surface area contributed by atoms with E-state index in [4.69, 9.17) is 4.98 Å². The van der Waals surface area contributed by atoms with Crippen molar-refractivity contribution in [3.8, 4) is 22.4 Å². The Morgan fingerprint density at radius 3 is 1.97 bits per heavy atom. The van der Waals surface area contributed by atoms with E-state index >= 15 is 0 Å². The monoisotopic (exact) mass is 451 g/mol. The van der Waals surface area contributed by atoms with Crippen molar-refractivity contribution in [1.29, 1.82) is 0 Å². The van der Waals surface area contributed by atoms with E-state index < -0.39 is 0 Å². The second-order valence-corrected chi connectivity index (χ2v) is 10.7. The molecule has 1 heterocycles. The molecule has 0 spiro atoms. The van der Waals surface area contributed by atoms with Gasteiger partial charge in [-0.25, -0.2) is 4.98 Å². The summed E-state index contributed by atoms with van der Waals surface area (Å²) in [6, 6.07) is 18.0. The van der Waals surface area contributed by atoms with Gasteiger partial charge in [0.05, 0.1) is 5.56 Å². The van der Waals surface area contributed by atoms with Gasteiger partial charge in [-0.1, -0.05) is 71.9 Å². The quantitative estimate of drug-likeness (QED) is 0.278. The van der Waals surface area contributed by atoms with E-state index in [1.807, 2.05) is 12.3 Å². The smallest absolute Gasteiger partial charge is 0.231 e. The molecule has 34 heavy (non-hydrogen) atoms. The van der Waals surface area contributed by atoms with E-state index in [1.54, 1.807) is 0 Å². The summed E-state index contributed by atoms with van der Waals surface area (Å²) >= 11 is 0. The summed E-state index contributed by atoms with van der Waals surface area (Å²) in [6.45, 7) is 18.4. The van der Waals surface area contributed by atoms with Crippen LogP contribution < -0.4 is 4.57 Å². The van der Waals surface area contributed by atoms with Gasteiger partial charge in [0, 0.05) is 6.07 Å². The van der Waals surface area contributed by atoms with Crippen LogP contribution in [0.4, 0.5) is 0 Å². The molecule has 0 saturated carbocycles. The number of fused-ring (bicyclic) bond motifs is 1. The molecule has 176 valence electrons. The molecule has 3 aromatic carbocycles. The molecule has 0 aliphatic carbocycles. The molecule has 0 aliphatic rings. The molecule has 0 unspecified atom stereocenters. The Morgan fingerprint density at radius 2 is 1.38 bits per heavy atom. The molecular formula is C32H39N2+. The molecule has 0 radical (unpaired) electrons. The Balaban J connectivity index is 2.03. The van der Waals surface area contributed by atoms with Crippen LogP contribution in [-0.2, 0) is 7.05 Å². The molecule has 2 nitrogen and oxygen atoms in total. The van der Waals surface area contributed by atoms with E-state index in [0.717, 1.165) is 16.7 Å². The third-order valence-corrected chi connectivity index (χ3v) is 7.29. The van der Waals surface area contributed by atoms with Crippen LogP contribution in [0.2, 0.25) is 0 Å². The lowest BCUT2D eigenvalue weighted by Crippen LogP contribution is -2.32. The van der Waals surface area contributed by atoms with Crippen molar-refractivity contribution in [2.24, 2.45) is 7.05 Å². The number of aryl methyl sites for hydroxylation is 2. The Labute approximate surface area is 205 Å². The zero-order valence-electron chi connectivity index (χ0n) is 22.3. The Bertz CT molecular complexity index is 1330. The van der Waals surface area contributed by atoms with Crippen molar-refractivity contribution in [3.63, 3.8) is 0 Å². The fraction of sp³-hybridized carbons (Fsp3) is 0.375. The molecule has 0 N–H and O–H groups in total. The van der Waals surface area contributed by atoms with Crippen molar-refractivity contribution in [2.45, 2.75) is 73.1 Å². The fourth-order valence-electron chi connectivity index (χ4n) is 5.01. The number of rotatable bonds is 5. The molecule has 0 amide bonds. The van der Waals surface area contributed by atoms with Gasteiger partial charge in [0.15, 0.2) is 0 Å². The molecule has 0 saturated heterocycles. The molecule has 0 fully saturated rings. The second kappa shape index (κ2) is 9.33. The average molecular weight is 452 g/mol. The lowest BCUT2D eigenvalue weighted by atomic mass is 9.80. The highest BCUT2D eigenvalue weighted by molar-refractivity contribution is 5.80. The minimum Gasteiger partial charge on any atom is -0.243 e. The zero-order chi connectivity index (χ0) is 24.7. The Hall–Kier alpha value is -3.00. The van der Waals surface area contributed by atoms with Gasteiger partial charge in [0.25, 0.3) is 0 Å². The van der Waals surface area contributed by atoms with Gasteiger partial charge in [-0.3, -0.25) is 0 Å². The summed E-state index contributed by atoms with van der Waals surface area (Å²) < 4.78 is 2.28. The number of aromatic nitrogens is 2. The molecule has 0 aliphatic heterocycles. The van der Waals surface area contributed by atoms with E-state index in [2.05, 4.69) is 109 Å². The van der Waals surface area contributed by atoms with Crippen LogP contribution in [0.15, 0.2) is 54.7 Å². The summed E-state index contributed by atoms with van der Waals surface area (Å²) in [5.41, 5.74) is 14.3. The highest BCUT2D eigenvalue weighted by Gasteiger charge is 2.23. The van der Waals surface area contributed by atoms with Crippen LogP contribution in [0.25, 0.3) is 33.4 Å². The molecule has 0 atom stereocenters. The normalized spacial score (nSPS) is 11.9. The minimum atomic E-state index is 0.453. The first-order chi connectivity index (χ1) is 16.1. The van der Waals surface area contributed by atoms with Crippen LogP contribution in [0.3, 0.4) is 0 Å². The molecule has 4 aromatic rings. The summed E-state index contributed by atoms with van der Waals surface area (Å²) in [4.78, 5) is 4.79. The van der Waals surface area contributed by atoms with Gasteiger partial charge in [0.2, 0.25) is 11.2 Å². The molecular weight excluding hydrogens is 412 g/mol. The van der Waals surface area contributed by atoms with Gasteiger partial charge in [0.1, 0.15) is 18.8 Å². The van der Waals surface area contributed by atoms with Crippen molar-refractivity contribution in [1.82, 2.24) is 4.98 Å². The second-order valence-electron chi connectivity index (χ2n) is 10.7. The van der Waals surface area contributed by atoms with Gasteiger partial charge >= 0.3 is 0 Å². The maximum absolute atomic E-state index is 4.79. The summed E-state index contributed by atoms with van der Waals surface area (Å²) in [5, 5.41) is 0. The number of benzene rings is 3. The predicted octanol–water partition coefficient (Wildman–Crippen LogP) is 8.38. The largest absolute Gasteiger partial charge is 0.243 e. The topological polar surface area (TPSA) is 16.8 Å². The standard InChI is InChI=1S/C32H39N2/c1-19(2)24-15-26(20(3)4)32(27(16-24)21(5)6)25-14-22(7)23(8)28(17-25)31-18-33-29-12-10-11-13-30(29)34(31)9/h10-21H,1-9H3/q+1. The van der Waals surface area contributed by atoms with Crippen LogP contribution >= 0.6 is 0 Å². The van der Waals surface area contributed by atoms with E-state index in [-0.39, 0.29) is 0 Å². The van der Waals surface area contributed by atoms with E-state index in [0.29, 0.717) is 17.8 Å². The summed E-state index contributed by atoms with van der Waals surface area (Å²) in [6.07, 6.45) is 2.03. The predicted molar refractivity (Wildman–Crippen MR) is 146 cm³/mol. The lowest BCUT2D eigenvalue weighted by molar-refractivity contribution is -0.633. The lowest BCUT2D eigenvalue weighted by Gasteiger charge is -2.24. The summed E-state index contributed by atoms with van der Waals surface area (Å²) in [5.74, 6) is 1.42. The van der Waals surface area contributed by atoms with Gasteiger partial charge < -0.3 is 0 Å². The zero-order valence-corrected chi connectivity index (χ0v) is 22.3. The molecule has 2 heteroatoms. The van der Waals surface area contributed by atoms with Crippen LogP contribution in [0, 0.1) is 13.8 Å². The fourth-order valence-corrected chi connectivity index (χ4v) is 5.01. The highest BCUT2D eigenvalue weighted by Crippen LogP contribution is 2.41. The molecule has 1 aromatic heterocycles. The number of para-hydroxylation sites is 2. The first kappa shape index (κ1) is 24.1. The van der Waals surface area contributed by atoms with Crippen LogP contribution in [-0.4, -0.2) is 4.98 Å². The molecule has 0 bridgehead atoms. The molecule has 4 rings (SSSR count). The van der Waals surface area contributed by atoms with Gasteiger partial charge in [-0.05, 0) is 82.7 Å². The first-order valence-corrected chi connectivity index (χ1v) is 12.6. The third-order valence-electron chi connectivity index (χ3n) is 7.29. The van der Waals surface area contributed by atoms with Crippen molar-refractivity contribution < 1.29 is 4.57 Å². The maximum atomic E-state index is 4.79. The average Bonchev–Trinajstić information content (AvgIpc) is 2.80. The van der Waals surface area contributed by atoms with Crippen LogP contribution in [0.5, 0.6) is 0 Å². The highest BCUT2D eigenvalue weighted by atomic mass is 15.0. The SMILES string of the molecule is Cc1cc(-c2c(C(C)C)cc(C(C)C)cc2C(C)C)cc(-c2cnc3ccccc3[n+]2C)c1C. The maximum Gasteiger partial charge on any atom is 0.231 e. The van der Waals surface area contributed by atoms with Crippen molar-refractivity contribution in [2.75, 3.05) is 0 Å². The number of nitrogens with zero attached hydrogens (tertiary/aromatic N) is 2. The first-order valence-electron chi connectivity index (χ1n) is 12.6. The summed E-state index contributed by atoms with van der Waals surface area (Å²) in [7, 11) is 2.15. The van der Waals surface area contributed by atoms with Crippen molar-refractivity contribution >= 4 is 11.0 Å². The minimum absolute atomic E-state index is 0.453. The number of hydrogen-bond donors (Lipinski definition) is 0. The van der Waals surface area contributed by atoms with Gasteiger partial charge in [-0.15, -0.1) is 0 Å². The van der Waals surface area contributed by atoms with E-state index in [1.165, 1.54) is 44.5 Å². The Morgan fingerprint density at radius 1 is 0.765 bits per heavy atom.